The molecule has 2 heterocycles. The summed E-state index contributed by atoms with van der Waals surface area (Å²) in [6, 6.07) is 1.99. The lowest BCUT2D eigenvalue weighted by molar-refractivity contribution is 0.585. The number of oxazole rings is 1. The summed E-state index contributed by atoms with van der Waals surface area (Å²) in [6.07, 6.45) is 1.57. The quantitative estimate of drug-likeness (QED) is 0.822. The maximum atomic E-state index is 5.35. The second kappa shape index (κ2) is 2.88. The largest absolute Gasteiger partial charge is 0.422 e. The van der Waals surface area contributed by atoms with Crippen molar-refractivity contribution in [1.82, 2.24) is 14.8 Å². The van der Waals surface area contributed by atoms with Gasteiger partial charge in [-0.25, -0.2) is 4.98 Å². The van der Waals surface area contributed by atoms with Gasteiger partial charge in [0.05, 0.1) is 6.20 Å². The van der Waals surface area contributed by atoms with Gasteiger partial charge in [-0.1, -0.05) is 0 Å². The first-order valence-corrected chi connectivity index (χ1v) is 4.37. The molecule has 0 unspecified atom stereocenters. The zero-order chi connectivity index (χ0) is 9.42. The van der Waals surface area contributed by atoms with Crippen molar-refractivity contribution in [3.8, 4) is 11.5 Å². The average molecular weight is 243 g/mol. The lowest BCUT2D eigenvalue weighted by Gasteiger charge is -1.94. The number of rotatable bonds is 1. The Kier molecular flexibility index (Phi) is 1.84. The number of hydrogen-bond acceptors (Lipinski definition) is 4. The van der Waals surface area contributed by atoms with Crippen LogP contribution in [0.3, 0.4) is 0 Å². The summed E-state index contributed by atoms with van der Waals surface area (Å²) in [5.74, 6) is 0.609. The molecule has 6 heteroatoms. The van der Waals surface area contributed by atoms with Gasteiger partial charge < -0.3 is 10.2 Å². The molecule has 13 heavy (non-hydrogen) atoms. The highest BCUT2D eigenvalue weighted by Gasteiger charge is 2.09. The van der Waals surface area contributed by atoms with E-state index in [1.165, 1.54) is 0 Å². The number of nitrogens with two attached hydrogens (primary N) is 1. The van der Waals surface area contributed by atoms with E-state index in [1.54, 1.807) is 10.9 Å². The third-order valence-corrected chi connectivity index (χ3v) is 2.01. The Hall–Kier alpha value is -1.30. The zero-order valence-corrected chi connectivity index (χ0v) is 8.45. The number of aromatic nitrogens is 3. The lowest BCUT2D eigenvalue weighted by Crippen LogP contribution is -1.92. The van der Waals surface area contributed by atoms with Crippen LogP contribution in [0, 0.1) is 0 Å². The van der Waals surface area contributed by atoms with Gasteiger partial charge in [-0.05, 0) is 15.9 Å². The molecule has 0 aliphatic carbocycles. The fourth-order valence-corrected chi connectivity index (χ4v) is 1.52. The second-order valence-electron chi connectivity index (χ2n) is 2.54. The number of aryl methyl sites for hydroxylation is 1. The van der Waals surface area contributed by atoms with Crippen molar-refractivity contribution in [2.75, 3.05) is 5.73 Å². The molecule has 2 N–H and O–H groups in total. The Morgan fingerprint density at radius 3 is 2.85 bits per heavy atom. The summed E-state index contributed by atoms with van der Waals surface area (Å²) >= 11 is 3.26. The summed E-state index contributed by atoms with van der Waals surface area (Å²) < 4.78 is 7.58. The molecular weight excluding hydrogens is 236 g/mol. The van der Waals surface area contributed by atoms with Gasteiger partial charge in [-0.2, -0.15) is 5.10 Å². The van der Waals surface area contributed by atoms with Crippen LogP contribution in [0.2, 0.25) is 0 Å². The molecule has 0 saturated heterocycles. The Balaban J connectivity index is 2.51. The monoisotopic (exact) mass is 242 g/mol. The highest BCUT2D eigenvalue weighted by molar-refractivity contribution is 9.10. The molecule has 0 amide bonds. The maximum absolute atomic E-state index is 5.35. The molecule has 0 saturated carbocycles. The number of nitrogen functional groups attached to an aromatic ring is 1. The molecule has 68 valence electrons. The van der Waals surface area contributed by atoms with Crippen LogP contribution in [-0.2, 0) is 7.05 Å². The molecule has 0 spiro atoms. The SMILES string of the molecule is Cn1nc(Br)cc1-c1cnc(N)o1. The van der Waals surface area contributed by atoms with Crippen LogP contribution in [0.1, 0.15) is 0 Å². The van der Waals surface area contributed by atoms with Crippen LogP contribution in [-0.4, -0.2) is 14.8 Å². The van der Waals surface area contributed by atoms with Gasteiger partial charge in [0, 0.05) is 13.1 Å². The van der Waals surface area contributed by atoms with Gasteiger partial charge in [0.15, 0.2) is 5.76 Å². The Morgan fingerprint density at radius 2 is 2.38 bits per heavy atom. The van der Waals surface area contributed by atoms with E-state index < -0.39 is 0 Å². The predicted octanol–water partition coefficient (Wildman–Crippen LogP) is 1.42. The van der Waals surface area contributed by atoms with Crippen molar-refractivity contribution in [2.24, 2.45) is 7.05 Å². The molecule has 2 rings (SSSR count). The summed E-state index contributed by atoms with van der Waals surface area (Å²) in [4.78, 5) is 3.80. The van der Waals surface area contributed by atoms with Crippen LogP contribution in [0.15, 0.2) is 21.3 Å². The van der Waals surface area contributed by atoms with Crippen molar-refractivity contribution in [1.29, 1.82) is 0 Å². The number of nitrogens with zero attached hydrogens (tertiary/aromatic N) is 3. The molecule has 0 fully saturated rings. The van der Waals surface area contributed by atoms with Gasteiger partial charge in [-0.15, -0.1) is 0 Å². The van der Waals surface area contributed by atoms with Gasteiger partial charge in [0.25, 0.3) is 6.01 Å². The van der Waals surface area contributed by atoms with Crippen LogP contribution in [0.5, 0.6) is 0 Å². The van der Waals surface area contributed by atoms with Gasteiger partial charge in [-0.3, -0.25) is 4.68 Å². The van der Waals surface area contributed by atoms with Crippen LogP contribution < -0.4 is 5.73 Å². The molecule has 2 aromatic rings. The van der Waals surface area contributed by atoms with Crippen LogP contribution in [0.25, 0.3) is 11.5 Å². The van der Waals surface area contributed by atoms with Crippen molar-refractivity contribution in [3.63, 3.8) is 0 Å². The van der Waals surface area contributed by atoms with Crippen LogP contribution >= 0.6 is 15.9 Å². The van der Waals surface area contributed by atoms with Crippen molar-refractivity contribution >= 4 is 21.9 Å². The second-order valence-corrected chi connectivity index (χ2v) is 3.35. The summed E-state index contributed by atoms with van der Waals surface area (Å²) in [7, 11) is 1.82. The number of anilines is 1. The molecule has 0 aliphatic rings. The molecule has 0 bridgehead atoms. The van der Waals surface area contributed by atoms with E-state index in [4.69, 9.17) is 10.2 Å². The van der Waals surface area contributed by atoms with E-state index in [0.29, 0.717) is 5.76 Å². The average Bonchev–Trinajstić information content (AvgIpc) is 2.58. The normalized spacial score (nSPS) is 10.6. The maximum Gasteiger partial charge on any atom is 0.292 e. The minimum atomic E-state index is 0.160. The first-order chi connectivity index (χ1) is 6.16. The molecule has 5 nitrogen and oxygen atoms in total. The third kappa shape index (κ3) is 1.44. The van der Waals surface area contributed by atoms with Crippen LogP contribution in [0.4, 0.5) is 6.01 Å². The van der Waals surface area contributed by atoms with E-state index in [9.17, 15) is 0 Å². The number of halogens is 1. The zero-order valence-electron chi connectivity index (χ0n) is 6.86. The predicted molar refractivity (Wildman–Crippen MR) is 50.8 cm³/mol. The van der Waals surface area contributed by atoms with Gasteiger partial charge in [0.2, 0.25) is 0 Å². The molecule has 2 aromatic heterocycles. The topological polar surface area (TPSA) is 69.9 Å². The first-order valence-electron chi connectivity index (χ1n) is 3.58. The molecule has 0 radical (unpaired) electrons. The van der Waals surface area contributed by atoms with Gasteiger partial charge in [0.1, 0.15) is 10.3 Å². The molecule has 0 atom stereocenters. The van der Waals surface area contributed by atoms with Crippen molar-refractivity contribution in [2.45, 2.75) is 0 Å². The fourth-order valence-electron chi connectivity index (χ4n) is 1.07. The Morgan fingerprint density at radius 1 is 1.62 bits per heavy atom. The minimum Gasteiger partial charge on any atom is -0.422 e. The smallest absolute Gasteiger partial charge is 0.292 e. The molecular formula is C7H7BrN4O. The lowest BCUT2D eigenvalue weighted by atomic mass is 10.3. The molecule has 0 aliphatic heterocycles. The van der Waals surface area contributed by atoms with E-state index in [2.05, 4.69) is 26.0 Å². The summed E-state index contributed by atoms with van der Waals surface area (Å²) in [5, 5.41) is 4.10. The summed E-state index contributed by atoms with van der Waals surface area (Å²) in [6.45, 7) is 0. The highest BCUT2D eigenvalue weighted by Crippen LogP contribution is 2.23. The Labute approximate surface area is 82.7 Å². The minimum absolute atomic E-state index is 0.160. The molecule has 0 aromatic carbocycles. The van der Waals surface area contributed by atoms with E-state index >= 15 is 0 Å². The van der Waals surface area contributed by atoms with E-state index in [1.807, 2.05) is 13.1 Å². The van der Waals surface area contributed by atoms with Crippen molar-refractivity contribution < 1.29 is 4.42 Å². The highest BCUT2D eigenvalue weighted by atomic mass is 79.9. The van der Waals surface area contributed by atoms with Crippen molar-refractivity contribution in [3.05, 3.63) is 16.9 Å². The number of hydrogen-bond donors (Lipinski definition) is 1. The van der Waals surface area contributed by atoms with Gasteiger partial charge >= 0.3 is 0 Å². The Bertz CT molecular complexity index is 433. The van der Waals surface area contributed by atoms with E-state index in [0.717, 1.165) is 10.3 Å². The third-order valence-electron chi connectivity index (χ3n) is 1.63. The van der Waals surface area contributed by atoms with E-state index in [-0.39, 0.29) is 6.01 Å². The fraction of sp³-hybridized carbons (Fsp3) is 0.143. The first kappa shape index (κ1) is 8.31. The summed E-state index contributed by atoms with van der Waals surface area (Å²) in [5.41, 5.74) is 6.18. The standard InChI is InChI=1S/C7H7BrN4O/c1-12-4(2-6(8)11-12)5-3-10-7(9)13-5/h2-3H,1H3,(H2,9,10).